The summed E-state index contributed by atoms with van der Waals surface area (Å²) in [5, 5.41) is 11.3. The number of rotatable bonds is 7. The summed E-state index contributed by atoms with van der Waals surface area (Å²) in [6.07, 6.45) is 2.13. The van der Waals surface area contributed by atoms with Crippen molar-refractivity contribution >= 4 is 15.9 Å². The predicted molar refractivity (Wildman–Crippen MR) is 78.3 cm³/mol. The maximum Gasteiger partial charge on any atom is 0.242 e. The van der Waals surface area contributed by atoms with E-state index in [1.165, 1.54) is 11.4 Å². The number of nitrogens with two attached hydrogens (primary N) is 1. The smallest absolute Gasteiger partial charge is 0.242 e. The standard InChI is InChI=1S/C13H21N3O3S/c1-3-4-11-5-7-12(8-6-11)20(18,19)16(2)10-9-13(14)15-17/h5-8,17H,3-4,9-10H2,1-2H3,(H2,14,15). The molecule has 0 radical (unpaired) electrons. The van der Waals surface area contributed by atoms with E-state index in [0.29, 0.717) is 0 Å². The Kier molecular flexibility index (Phi) is 5.97. The van der Waals surface area contributed by atoms with Crippen LogP contribution < -0.4 is 5.73 Å². The number of amidine groups is 1. The fraction of sp³-hybridized carbons (Fsp3) is 0.462. The number of benzene rings is 1. The van der Waals surface area contributed by atoms with Crippen LogP contribution in [0.1, 0.15) is 25.3 Å². The van der Waals surface area contributed by atoms with Crippen LogP contribution >= 0.6 is 0 Å². The molecular formula is C13H21N3O3S. The molecule has 0 amide bonds. The highest BCUT2D eigenvalue weighted by Crippen LogP contribution is 2.16. The molecule has 0 aliphatic rings. The van der Waals surface area contributed by atoms with Crippen LogP contribution in [0, 0.1) is 0 Å². The van der Waals surface area contributed by atoms with Gasteiger partial charge in [-0.05, 0) is 24.1 Å². The highest BCUT2D eigenvalue weighted by molar-refractivity contribution is 7.89. The lowest BCUT2D eigenvalue weighted by atomic mass is 10.1. The summed E-state index contributed by atoms with van der Waals surface area (Å²) in [5.41, 5.74) is 6.45. The van der Waals surface area contributed by atoms with Gasteiger partial charge in [0.1, 0.15) is 5.84 Å². The third kappa shape index (κ3) is 4.21. The van der Waals surface area contributed by atoms with Crippen molar-refractivity contribution in [3.05, 3.63) is 29.8 Å². The maximum absolute atomic E-state index is 12.3. The van der Waals surface area contributed by atoms with Crippen molar-refractivity contribution in [2.45, 2.75) is 31.1 Å². The number of aryl methyl sites for hydroxylation is 1. The summed E-state index contributed by atoms with van der Waals surface area (Å²) in [4.78, 5) is 0.249. The molecule has 7 heteroatoms. The Morgan fingerprint density at radius 1 is 1.35 bits per heavy atom. The van der Waals surface area contributed by atoms with Crippen LogP contribution in [0.2, 0.25) is 0 Å². The first-order chi connectivity index (χ1) is 9.41. The predicted octanol–water partition coefficient (Wildman–Crippen LogP) is 1.40. The highest BCUT2D eigenvalue weighted by Gasteiger charge is 2.20. The van der Waals surface area contributed by atoms with E-state index in [9.17, 15) is 8.42 Å². The first kappa shape index (κ1) is 16.5. The normalized spacial score (nSPS) is 12.8. The summed E-state index contributed by atoms with van der Waals surface area (Å²) in [7, 11) is -2.06. The van der Waals surface area contributed by atoms with Crippen LogP contribution in [0.4, 0.5) is 0 Å². The average Bonchev–Trinajstić information content (AvgIpc) is 2.45. The van der Waals surface area contributed by atoms with Crippen molar-refractivity contribution < 1.29 is 13.6 Å². The average molecular weight is 299 g/mol. The second-order valence-corrected chi connectivity index (χ2v) is 6.61. The van der Waals surface area contributed by atoms with E-state index >= 15 is 0 Å². The molecule has 0 spiro atoms. The number of nitrogens with zero attached hydrogens (tertiary/aromatic N) is 2. The number of oxime groups is 1. The summed E-state index contributed by atoms with van der Waals surface area (Å²) in [5.74, 6) is 0.00495. The van der Waals surface area contributed by atoms with Crippen molar-refractivity contribution in [2.75, 3.05) is 13.6 Å². The van der Waals surface area contributed by atoms with Crippen molar-refractivity contribution in [3.63, 3.8) is 0 Å². The molecule has 1 aromatic carbocycles. The van der Waals surface area contributed by atoms with Gasteiger partial charge in [-0.1, -0.05) is 30.6 Å². The lowest BCUT2D eigenvalue weighted by Crippen LogP contribution is -2.30. The van der Waals surface area contributed by atoms with Gasteiger partial charge in [-0.2, -0.15) is 0 Å². The van der Waals surface area contributed by atoms with E-state index < -0.39 is 10.0 Å². The molecule has 3 N–H and O–H groups in total. The Morgan fingerprint density at radius 2 is 1.95 bits per heavy atom. The molecule has 0 heterocycles. The monoisotopic (exact) mass is 299 g/mol. The summed E-state index contributed by atoms with van der Waals surface area (Å²) in [6, 6.07) is 6.88. The van der Waals surface area contributed by atoms with E-state index in [4.69, 9.17) is 10.9 Å². The SMILES string of the molecule is CCCc1ccc(S(=O)(=O)N(C)CC/C(N)=N/O)cc1. The molecule has 6 nitrogen and oxygen atoms in total. The molecule has 0 unspecified atom stereocenters. The summed E-state index contributed by atoms with van der Waals surface area (Å²) in [6.45, 7) is 2.24. The largest absolute Gasteiger partial charge is 0.409 e. The van der Waals surface area contributed by atoms with Gasteiger partial charge in [0.2, 0.25) is 10.0 Å². The lowest BCUT2D eigenvalue weighted by molar-refractivity contribution is 0.316. The van der Waals surface area contributed by atoms with Gasteiger partial charge in [0.05, 0.1) is 4.90 Å². The third-order valence-electron chi connectivity index (χ3n) is 2.98. The van der Waals surface area contributed by atoms with E-state index in [1.54, 1.807) is 12.1 Å². The zero-order chi connectivity index (χ0) is 15.2. The molecule has 1 rings (SSSR count). The molecule has 0 aliphatic heterocycles. The topological polar surface area (TPSA) is 96.0 Å². The number of hydrogen-bond acceptors (Lipinski definition) is 4. The molecule has 0 saturated carbocycles. The van der Waals surface area contributed by atoms with Crippen LogP contribution in [0.15, 0.2) is 34.3 Å². The van der Waals surface area contributed by atoms with Crippen molar-refractivity contribution in [1.29, 1.82) is 0 Å². The number of sulfonamides is 1. The second-order valence-electron chi connectivity index (χ2n) is 4.56. The first-order valence-electron chi connectivity index (χ1n) is 6.43. The highest BCUT2D eigenvalue weighted by atomic mass is 32.2. The molecule has 20 heavy (non-hydrogen) atoms. The molecule has 0 bridgehead atoms. The van der Waals surface area contributed by atoms with Crippen LogP contribution in [-0.4, -0.2) is 37.4 Å². The Balaban J connectivity index is 2.81. The minimum atomic E-state index is -3.53. The van der Waals surface area contributed by atoms with Gasteiger partial charge in [0.25, 0.3) is 0 Å². The Morgan fingerprint density at radius 3 is 2.45 bits per heavy atom. The van der Waals surface area contributed by atoms with Crippen LogP contribution in [0.3, 0.4) is 0 Å². The maximum atomic E-state index is 12.3. The summed E-state index contributed by atoms with van der Waals surface area (Å²) >= 11 is 0. The fourth-order valence-electron chi connectivity index (χ4n) is 1.74. The van der Waals surface area contributed by atoms with Gasteiger partial charge in [0.15, 0.2) is 0 Å². The number of hydrogen-bond donors (Lipinski definition) is 2. The Bertz CT molecular complexity index is 553. The van der Waals surface area contributed by atoms with E-state index in [-0.39, 0.29) is 23.7 Å². The minimum absolute atomic E-state index is 0.00495. The Labute approximate surface area is 119 Å². The molecular weight excluding hydrogens is 278 g/mol. The molecule has 112 valence electrons. The zero-order valence-electron chi connectivity index (χ0n) is 11.8. The van der Waals surface area contributed by atoms with Crippen molar-refractivity contribution in [3.8, 4) is 0 Å². The van der Waals surface area contributed by atoms with Crippen molar-refractivity contribution in [1.82, 2.24) is 4.31 Å². The fourth-order valence-corrected chi connectivity index (χ4v) is 2.91. The minimum Gasteiger partial charge on any atom is -0.409 e. The van der Waals surface area contributed by atoms with Crippen LogP contribution in [-0.2, 0) is 16.4 Å². The lowest BCUT2D eigenvalue weighted by Gasteiger charge is -2.17. The van der Waals surface area contributed by atoms with Gasteiger partial charge in [-0.15, -0.1) is 0 Å². The van der Waals surface area contributed by atoms with E-state index in [0.717, 1.165) is 18.4 Å². The van der Waals surface area contributed by atoms with Crippen molar-refractivity contribution in [2.24, 2.45) is 10.9 Å². The third-order valence-corrected chi connectivity index (χ3v) is 4.85. The van der Waals surface area contributed by atoms with Gasteiger partial charge < -0.3 is 10.9 Å². The van der Waals surface area contributed by atoms with E-state index in [1.807, 2.05) is 12.1 Å². The zero-order valence-corrected chi connectivity index (χ0v) is 12.6. The molecule has 0 atom stereocenters. The molecule has 0 saturated heterocycles. The molecule has 0 aromatic heterocycles. The molecule has 1 aromatic rings. The van der Waals surface area contributed by atoms with Gasteiger partial charge >= 0.3 is 0 Å². The van der Waals surface area contributed by atoms with Gasteiger partial charge in [0, 0.05) is 20.0 Å². The van der Waals surface area contributed by atoms with Crippen LogP contribution in [0.5, 0.6) is 0 Å². The first-order valence-corrected chi connectivity index (χ1v) is 7.87. The molecule has 0 fully saturated rings. The second kappa shape index (κ2) is 7.25. The Hall–Kier alpha value is -1.60. The molecule has 0 aliphatic carbocycles. The quantitative estimate of drug-likeness (QED) is 0.344. The van der Waals surface area contributed by atoms with E-state index in [2.05, 4.69) is 12.1 Å². The van der Waals surface area contributed by atoms with Gasteiger partial charge in [-0.25, -0.2) is 12.7 Å². The summed E-state index contributed by atoms with van der Waals surface area (Å²) < 4.78 is 25.8. The van der Waals surface area contributed by atoms with Crippen LogP contribution in [0.25, 0.3) is 0 Å². The van der Waals surface area contributed by atoms with Gasteiger partial charge in [-0.3, -0.25) is 0 Å².